The van der Waals surface area contributed by atoms with E-state index in [1.165, 1.54) is 30.3 Å². The van der Waals surface area contributed by atoms with E-state index < -0.39 is 33.7 Å². The monoisotopic (exact) mass is 668 g/mol. The van der Waals surface area contributed by atoms with Gasteiger partial charge in [0.15, 0.2) is 0 Å². The Morgan fingerprint density at radius 3 is 2.41 bits per heavy atom. The molecule has 2 aliphatic heterocycles. The van der Waals surface area contributed by atoms with Gasteiger partial charge in [-0.3, -0.25) is 9.69 Å². The van der Waals surface area contributed by atoms with Crippen molar-refractivity contribution in [2.75, 3.05) is 44.2 Å². The summed E-state index contributed by atoms with van der Waals surface area (Å²) < 4.78 is 67.4. The first-order valence-corrected chi connectivity index (χ1v) is 16.7. The topological polar surface area (TPSA) is 98.7 Å². The van der Waals surface area contributed by atoms with E-state index >= 15 is 0 Å². The van der Waals surface area contributed by atoms with Gasteiger partial charge in [0.25, 0.3) is 10.0 Å². The highest BCUT2D eigenvalue weighted by Gasteiger charge is 2.37. The lowest BCUT2D eigenvalue weighted by molar-refractivity contribution is -0.137. The standard InChI is InChI=1S/C29H32ClF3N6O3S2/c1-19(2)18-37-12-14-38(15-13-37)28-35-22(16-23(36-28)20-5-7-21(8-6-20)29(31,32)33)17-34-27(40)24-4-3-11-39(24)44(41,42)26-10-9-25(30)43-26/h3-10,16,19,24H,11-15,17-18H2,1-2H3,(H,34,40). The van der Waals surface area contributed by atoms with Crippen LogP contribution in [0.2, 0.25) is 4.34 Å². The van der Waals surface area contributed by atoms with Crippen LogP contribution in [0.1, 0.15) is 25.1 Å². The summed E-state index contributed by atoms with van der Waals surface area (Å²) in [5.41, 5.74) is 0.554. The Bertz CT molecular complexity index is 1620. The number of anilines is 1. The van der Waals surface area contributed by atoms with Gasteiger partial charge in [-0.05, 0) is 36.2 Å². The van der Waals surface area contributed by atoms with Gasteiger partial charge in [0.2, 0.25) is 11.9 Å². The van der Waals surface area contributed by atoms with Gasteiger partial charge in [0.05, 0.1) is 27.8 Å². The number of sulfonamides is 1. The number of carbonyl (C=O) groups excluding carboxylic acids is 1. The van der Waals surface area contributed by atoms with E-state index in [-0.39, 0.29) is 17.3 Å². The van der Waals surface area contributed by atoms with Crippen LogP contribution in [0.3, 0.4) is 0 Å². The predicted molar refractivity (Wildman–Crippen MR) is 164 cm³/mol. The van der Waals surface area contributed by atoms with Crippen LogP contribution >= 0.6 is 22.9 Å². The maximum Gasteiger partial charge on any atom is 0.416 e. The molecule has 44 heavy (non-hydrogen) atoms. The van der Waals surface area contributed by atoms with Crippen LogP contribution in [0.15, 0.2) is 58.8 Å². The Labute approximate surface area is 263 Å². The van der Waals surface area contributed by atoms with E-state index in [9.17, 15) is 26.4 Å². The zero-order valence-electron chi connectivity index (χ0n) is 24.1. The molecule has 9 nitrogen and oxygen atoms in total. The molecule has 1 saturated heterocycles. The fourth-order valence-corrected chi connectivity index (χ4v) is 8.25. The molecule has 15 heteroatoms. The van der Waals surface area contributed by atoms with Crippen LogP contribution in [0.5, 0.6) is 0 Å². The molecule has 1 unspecified atom stereocenters. The van der Waals surface area contributed by atoms with Crippen molar-refractivity contribution in [2.24, 2.45) is 5.92 Å². The zero-order chi connectivity index (χ0) is 31.6. The molecular weight excluding hydrogens is 637 g/mol. The number of hydrogen-bond donors (Lipinski definition) is 1. The normalized spacial score (nSPS) is 18.3. The summed E-state index contributed by atoms with van der Waals surface area (Å²) in [7, 11) is -3.96. The molecule has 2 aromatic heterocycles. The Balaban J connectivity index is 1.36. The Morgan fingerprint density at radius 1 is 1.09 bits per heavy atom. The lowest BCUT2D eigenvalue weighted by atomic mass is 10.1. The fourth-order valence-electron chi connectivity index (χ4n) is 5.14. The second-order valence-electron chi connectivity index (χ2n) is 11.0. The number of hydrogen-bond acceptors (Lipinski definition) is 8. The van der Waals surface area contributed by atoms with Crippen molar-refractivity contribution in [1.29, 1.82) is 0 Å². The third-order valence-corrected chi connectivity index (χ3v) is 10.8. The average Bonchev–Trinajstić information content (AvgIpc) is 3.66. The molecule has 0 bridgehead atoms. The molecule has 1 atom stereocenters. The molecule has 0 radical (unpaired) electrons. The molecule has 236 valence electrons. The minimum atomic E-state index is -4.47. The van der Waals surface area contributed by atoms with Crippen LogP contribution in [0.25, 0.3) is 11.3 Å². The third-order valence-electron chi connectivity index (χ3n) is 7.29. The van der Waals surface area contributed by atoms with Crippen LogP contribution in [0, 0.1) is 5.92 Å². The van der Waals surface area contributed by atoms with E-state index in [1.54, 1.807) is 12.1 Å². The van der Waals surface area contributed by atoms with Gasteiger partial charge < -0.3 is 10.2 Å². The van der Waals surface area contributed by atoms with Gasteiger partial charge >= 0.3 is 6.18 Å². The second-order valence-corrected chi connectivity index (χ2v) is 14.9. The van der Waals surface area contributed by atoms with Crippen molar-refractivity contribution in [3.05, 3.63) is 70.2 Å². The van der Waals surface area contributed by atoms with E-state index in [1.807, 2.05) is 4.90 Å². The predicted octanol–water partition coefficient (Wildman–Crippen LogP) is 4.90. The highest BCUT2D eigenvalue weighted by Crippen LogP contribution is 2.32. The van der Waals surface area contributed by atoms with E-state index in [4.69, 9.17) is 11.6 Å². The van der Waals surface area contributed by atoms with Gasteiger partial charge in [-0.25, -0.2) is 18.4 Å². The summed E-state index contributed by atoms with van der Waals surface area (Å²) in [5, 5.41) is 2.78. The number of benzene rings is 1. The maximum absolute atomic E-state index is 13.3. The molecule has 5 rings (SSSR count). The second kappa shape index (κ2) is 13.1. The number of carbonyl (C=O) groups is 1. The maximum atomic E-state index is 13.3. The third kappa shape index (κ3) is 7.42. The molecule has 1 amide bonds. The number of thiophene rings is 1. The lowest BCUT2D eigenvalue weighted by Crippen LogP contribution is -2.48. The van der Waals surface area contributed by atoms with Gasteiger partial charge in [-0.1, -0.05) is 49.7 Å². The summed E-state index contributed by atoms with van der Waals surface area (Å²) >= 11 is 6.86. The molecule has 1 N–H and O–H groups in total. The van der Waals surface area contributed by atoms with E-state index in [0.29, 0.717) is 46.2 Å². The number of nitrogens with zero attached hydrogens (tertiary/aromatic N) is 5. The van der Waals surface area contributed by atoms with Gasteiger partial charge in [-0.15, -0.1) is 11.3 Å². The molecule has 3 aromatic rings. The summed E-state index contributed by atoms with van der Waals surface area (Å²) in [5.74, 6) is 0.402. The molecule has 1 fully saturated rings. The molecule has 1 aromatic carbocycles. The first-order chi connectivity index (χ1) is 20.8. The smallest absolute Gasteiger partial charge is 0.349 e. The first-order valence-electron chi connectivity index (χ1n) is 14.1. The summed E-state index contributed by atoms with van der Waals surface area (Å²) in [6.45, 7) is 8.25. The summed E-state index contributed by atoms with van der Waals surface area (Å²) in [6, 6.07) is 8.18. The number of halogens is 4. The van der Waals surface area contributed by atoms with Crippen molar-refractivity contribution in [3.63, 3.8) is 0 Å². The number of alkyl halides is 3. The van der Waals surface area contributed by atoms with Crippen LogP contribution in [-0.4, -0.2) is 78.8 Å². The minimum Gasteiger partial charge on any atom is -0.349 e. The molecular formula is C29H32ClF3N6O3S2. The van der Waals surface area contributed by atoms with E-state index in [2.05, 4.69) is 34.0 Å². The zero-order valence-corrected chi connectivity index (χ0v) is 26.5. The van der Waals surface area contributed by atoms with Crippen molar-refractivity contribution in [2.45, 2.75) is 36.8 Å². The number of nitrogens with one attached hydrogen (secondary N) is 1. The molecule has 0 saturated carbocycles. The number of rotatable bonds is 9. The number of aromatic nitrogens is 2. The molecule has 4 heterocycles. The lowest BCUT2D eigenvalue weighted by Gasteiger charge is -2.35. The van der Waals surface area contributed by atoms with Gasteiger partial charge in [0, 0.05) is 44.8 Å². The first kappa shape index (κ1) is 32.4. The van der Waals surface area contributed by atoms with Gasteiger partial charge in [0.1, 0.15) is 10.3 Å². The summed E-state index contributed by atoms with van der Waals surface area (Å²) in [6.07, 6.45) is -1.33. The quantitative estimate of drug-likeness (QED) is 0.324. The van der Waals surface area contributed by atoms with Crippen LogP contribution < -0.4 is 10.2 Å². The molecule has 0 aliphatic carbocycles. The van der Waals surface area contributed by atoms with Crippen LogP contribution in [0.4, 0.5) is 19.1 Å². The fraction of sp³-hybridized carbons (Fsp3) is 0.414. The SMILES string of the molecule is CC(C)CN1CCN(c2nc(CNC(=O)C3C=CCN3S(=O)(=O)c3ccc(Cl)s3)cc(-c3ccc(C(F)(F)F)cc3)n2)CC1. The average molecular weight is 669 g/mol. The Kier molecular flexibility index (Phi) is 9.66. The molecule has 0 spiro atoms. The van der Waals surface area contributed by atoms with Crippen molar-refractivity contribution < 1.29 is 26.4 Å². The highest BCUT2D eigenvalue weighted by atomic mass is 35.5. The Hall–Kier alpha value is -3.04. The van der Waals surface area contributed by atoms with Crippen LogP contribution in [-0.2, 0) is 27.5 Å². The Morgan fingerprint density at radius 2 is 1.80 bits per heavy atom. The van der Waals surface area contributed by atoms with E-state index in [0.717, 1.165) is 47.4 Å². The highest BCUT2D eigenvalue weighted by molar-refractivity contribution is 7.91. The number of amides is 1. The largest absolute Gasteiger partial charge is 0.416 e. The molecule has 2 aliphatic rings. The van der Waals surface area contributed by atoms with Gasteiger partial charge in [-0.2, -0.15) is 17.5 Å². The van der Waals surface area contributed by atoms with Crippen molar-refractivity contribution >= 4 is 44.8 Å². The minimum absolute atomic E-state index is 0.0362. The summed E-state index contributed by atoms with van der Waals surface area (Å²) in [4.78, 5) is 27.0. The van der Waals surface area contributed by atoms with Crippen molar-refractivity contribution in [3.8, 4) is 11.3 Å². The number of piperazine rings is 1. The van der Waals surface area contributed by atoms with Crippen molar-refractivity contribution in [1.82, 2.24) is 24.5 Å².